The Morgan fingerprint density at radius 3 is 2.53 bits per heavy atom. The second kappa shape index (κ2) is 5.27. The van der Waals surface area contributed by atoms with Crippen molar-refractivity contribution in [1.29, 1.82) is 0 Å². The van der Waals surface area contributed by atoms with Gasteiger partial charge in [-0.05, 0) is 26.0 Å². The molecule has 0 saturated carbocycles. The molecule has 2 rings (SSSR count). The van der Waals surface area contributed by atoms with Crippen molar-refractivity contribution in [2.75, 3.05) is 11.9 Å². The second-order valence-corrected chi connectivity index (χ2v) is 4.65. The van der Waals surface area contributed by atoms with E-state index in [1.165, 1.54) is 0 Å². The van der Waals surface area contributed by atoms with Crippen molar-refractivity contribution in [1.82, 2.24) is 9.97 Å². The molecule has 0 atom stereocenters. The van der Waals surface area contributed by atoms with E-state index in [-0.39, 0.29) is 0 Å². The van der Waals surface area contributed by atoms with E-state index in [1.807, 2.05) is 19.1 Å². The first-order valence-electron chi connectivity index (χ1n) is 5.53. The maximum Gasteiger partial charge on any atom is 0.132 e. The lowest BCUT2D eigenvalue weighted by atomic mass is 10.1. The Morgan fingerprint density at radius 2 is 1.88 bits per heavy atom. The van der Waals surface area contributed by atoms with E-state index in [0.717, 1.165) is 33.7 Å². The van der Waals surface area contributed by atoms with E-state index in [4.69, 9.17) is 0 Å². The molecule has 3 nitrogen and oxygen atoms in total. The third-order valence-electron chi connectivity index (χ3n) is 2.55. The van der Waals surface area contributed by atoms with Crippen LogP contribution in [-0.2, 0) is 0 Å². The Bertz CT molecular complexity index is 509. The molecular weight excluding hydrogens is 278 g/mol. The minimum absolute atomic E-state index is 0.859. The first-order chi connectivity index (χ1) is 8.22. The molecular formula is C13H14BrN3. The van der Waals surface area contributed by atoms with Crippen LogP contribution in [0.1, 0.15) is 12.5 Å². The van der Waals surface area contributed by atoms with Gasteiger partial charge in [0, 0.05) is 22.1 Å². The Morgan fingerprint density at radius 1 is 1.18 bits per heavy atom. The summed E-state index contributed by atoms with van der Waals surface area (Å²) in [7, 11) is 0. The molecule has 4 heteroatoms. The molecule has 0 spiro atoms. The molecule has 0 saturated heterocycles. The van der Waals surface area contributed by atoms with Crippen LogP contribution >= 0.6 is 15.9 Å². The van der Waals surface area contributed by atoms with Gasteiger partial charge in [-0.25, -0.2) is 9.97 Å². The minimum Gasteiger partial charge on any atom is -0.370 e. The lowest BCUT2D eigenvalue weighted by molar-refractivity contribution is 1.09. The maximum absolute atomic E-state index is 4.35. The number of rotatable bonds is 3. The highest BCUT2D eigenvalue weighted by Gasteiger charge is 2.07. The number of halogens is 1. The second-order valence-electron chi connectivity index (χ2n) is 3.73. The van der Waals surface area contributed by atoms with Crippen LogP contribution in [0.2, 0.25) is 0 Å². The summed E-state index contributed by atoms with van der Waals surface area (Å²) in [5, 5.41) is 3.24. The molecule has 1 N–H and O–H groups in total. The molecule has 1 aromatic heterocycles. The third kappa shape index (κ3) is 2.64. The lowest BCUT2D eigenvalue weighted by Crippen LogP contribution is -2.03. The summed E-state index contributed by atoms with van der Waals surface area (Å²) in [4.78, 5) is 8.59. The summed E-state index contributed by atoms with van der Waals surface area (Å²) < 4.78 is 1.07. The zero-order chi connectivity index (χ0) is 12.3. The number of aromatic nitrogens is 2. The molecule has 2 aromatic rings. The molecule has 0 radical (unpaired) electrons. The standard InChI is InChI=1S/C13H14BrN3/c1-3-15-13-9(2)12(16-8-17-13)10-4-6-11(14)7-5-10/h4-8H,3H2,1-2H3,(H,15,16,17). The zero-order valence-corrected chi connectivity index (χ0v) is 11.5. The van der Waals surface area contributed by atoms with Crippen LogP contribution in [0, 0.1) is 6.92 Å². The summed E-state index contributed by atoms with van der Waals surface area (Å²) in [6.45, 7) is 4.95. The fourth-order valence-electron chi connectivity index (χ4n) is 1.69. The number of nitrogens with zero attached hydrogens (tertiary/aromatic N) is 2. The summed E-state index contributed by atoms with van der Waals surface area (Å²) in [6, 6.07) is 8.14. The van der Waals surface area contributed by atoms with Crippen molar-refractivity contribution < 1.29 is 0 Å². The summed E-state index contributed by atoms with van der Waals surface area (Å²) in [5.41, 5.74) is 3.16. The molecule has 1 heterocycles. The van der Waals surface area contributed by atoms with Crippen molar-refractivity contribution >= 4 is 21.7 Å². The number of hydrogen-bond donors (Lipinski definition) is 1. The monoisotopic (exact) mass is 291 g/mol. The number of nitrogens with one attached hydrogen (secondary N) is 1. The van der Waals surface area contributed by atoms with Gasteiger partial charge in [0.25, 0.3) is 0 Å². The Hall–Kier alpha value is -1.42. The molecule has 0 aliphatic rings. The van der Waals surface area contributed by atoms with E-state index in [9.17, 15) is 0 Å². The van der Waals surface area contributed by atoms with E-state index in [1.54, 1.807) is 6.33 Å². The average Bonchev–Trinajstić information content (AvgIpc) is 2.34. The SMILES string of the molecule is CCNc1ncnc(-c2ccc(Br)cc2)c1C. The van der Waals surface area contributed by atoms with Crippen molar-refractivity contribution in [3.63, 3.8) is 0 Å². The van der Waals surface area contributed by atoms with E-state index < -0.39 is 0 Å². The Balaban J connectivity index is 2.45. The van der Waals surface area contributed by atoms with Crippen LogP contribution in [-0.4, -0.2) is 16.5 Å². The lowest BCUT2D eigenvalue weighted by Gasteiger charge is -2.10. The van der Waals surface area contributed by atoms with Gasteiger partial charge < -0.3 is 5.32 Å². The molecule has 0 aliphatic carbocycles. The van der Waals surface area contributed by atoms with Crippen LogP contribution in [0.4, 0.5) is 5.82 Å². The number of hydrogen-bond acceptors (Lipinski definition) is 3. The highest BCUT2D eigenvalue weighted by atomic mass is 79.9. The van der Waals surface area contributed by atoms with Gasteiger partial charge in [0.1, 0.15) is 12.1 Å². The molecule has 17 heavy (non-hydrogen) atoms. The predicted octanol–water partition coefficient (Wildman–Crippen LogP) is 3.65. The van der Waals surface area contributed by atoms with Gasteiger partial charge in [0.15, 0.2) is 0 Å². The highest BCUT2D eigenvalue weighted by Crippen LogP contribution is 2.25. The maximum atomic E-state index is 4.35. The zero-order valence-electron chi connectivity index (χ0n) is 9.87. The summed E-state index contributed by atoms with van der Waals surface area (Å²) in [5.74, 6) is 0.903. The van der Waals surface area contributed by atoms with Gasteiger partial charge >= 0.3 is 0 Å². The molecule has 88 valence electrons. The summed E-state index contributed by atoms with van der Waals surface area (Å²) in [6.07, 6.45) is 1.60. The molecule has 0 aliphatic heterocycles. The van der Waals surface area contributed by atoms with Crippen LogP contribution in [0.25, 0.3) is 11.3 Å². The van der Waals surface area contributed by atoms with Crippen LogP contribution in [0.15, 0.2) is 35.1 Å². The van der Waals surface area contributed by atoms with Gasteiger partial charge in [-0.1, -0.05) is 28.1 Å². The number of benzene rings is 1. The largest absolute Gasteiger partial charge is 0.370 e. The molecule has 0 amide bonds. The molecule has 0 unspecified atom stereocenters. The van der Waals surface area contributed by atoms with Gasteiger partial charge in [-0.3, -0.25) is 0 Å². The van der Waals surface area contributed by atoms with E-state index >= 15 is 0 Å². The van der Waals surface area contributed by atoms with Crippen molar-refractivity contribution in [3.8, 4) is 11.3 Å². The Kier molecular flexibility index (Phi) is 3.74. The van der Waals surface area contributed by atoms with Gasteiger partial charge in [-0.15, -0.1) is 0 Å². The van der Waals surface area contributed by atoms with E-state index in [0.29, 0.717) is 0 Å². The van der Waals surface area contributed by atoms with Gasteiger partial charge in [-0.2, -0.15) is 0 Å². The Labute approximate surface area is 109 Å². The molecule has 1 aromatic carbocycles. The smallest absolute Gasteiger partial charge is 0.132 e. The fraction of sp³-hybridized carbons (Fsp3) is 0.231. The predicted molar refractivity (Wildman–Crippen MR) is 74.1 cm³/mol. The molecule has 0 bridgehead atoms. The quantitative estimate of drug-likeness (QED) is 0.938. The minimum atomic E-state index is 0.859. The average molecular weight is 292 g/mol. The van der Waals surface area contributed by atoms with Crippen molar-refractivity contribution in [2.24, 2.45) is 0 Å². The van der Waals surface area contributed by atoms with Crippen LogP contribution < -0.4 is 5.32 Å². The topological polar surface area (TPSA) is 37.8 Å². The first-order valence-corrected chi connectivity index (χ1v) is 6.33. The fourth-order valence-corrected chi connectivity index (χ4v) is 1.96. The highest BCUT2D eigenvalue weighted by molar-refractivity contribution is 9.10. The molecule has 0 fully saturated rings. The van der Waals surface area contributed by atoms with E-state index in [2.05, 4.69) is 50.3 Å². The number of anilines is 1. The van der Waals surface area contributed by atoms with Crippen LogP contribution in [0.5, 0.6) is 0 Å². The third-order valence-corrected chi connectivity index (χ3v) is 3.07. The first kappa shape index (κ1) is 12.0. The normalized spacial score (nSPS) is 10.3. The van der Waals surface area contributed by atoms with Gasteiger partial charge in [0.05, 0.1) is 5.69 Å². The van der Waals surface area contributed by atoms with Crippen LogP contribution in [0.3, 0.4) is 0 Å². The van der Waals surface area contributed by atoms with Gasteiger partial charge in [0.2, 0.25) is 0 Å². The summed E-state index contributed by atoms with van der Waals surface area (Å²) >= 11 is 3.43. The van der Waals surface area contributed by atoms with Crippen molar-refractivity contribution in [3.05, 3.63) is 40.6 Å². The van der Waals surface area contributed by atoms with Crippen molar-refractivity contribution in [2.45, 2.75) is 13.8 Å².